The van der Waals surface area contributed by atoms with E-state index >= 15 is 0 Å². The van der Waals surface area contributed by atoms with Crippen molar-refractivity contribution in [2.45, 2.75) is 19.4 Å². The average Bonchev–Trinajstić information content (AvgIpc) is 2.66. The van der Waals surface area contributed by atoms with Gasteiger partial charge in [-0.25, -0.2) is 4.39 Å². The Kier molecular flexibility index (Phi) is 6.91. The Labute approximate surface area is 151 Å². The number of amides is 2. The first-order chi connectivity index (χ1) is 12.5. The highest BCUT2D eigenvalue weighted by molar-refractivity contribution is 6.04. The SMILES string of the molecule is C=CCNC(=O)c1ccccc1NC(=O)[C@@H](CC)Oc1ccc(F)cc1. The topological polar surface area (TPSA) is 67.4 Å². The standard InChI is InChI=1S/C20H21FN2O3/c1-3-13-22-19(24)16-7-5-6-8-17(16)23-20(25)18(4-2)26-15-11-9-14(21)10-12-15/h3,5-12,18H,1,4,13H2,2H3,(H,22,24)(H,23,25)/t18-/m1/s1. The summed E-state index contributed by atoms with van der Waals surface area (Å²) in [7, 11) is 0. The molecule has 0 radical (unpaired) electrons. The van der Waals surface area contributed by atoms with E-state index in [0.717, 1.165) is 0 Å². The zero-order chi connectivity index (χ0) is 18.9. The summed E-state index contributed by atoms with van der Waals surface area (Å²) in [6.45, 7) is 5.68. The van der Waals surface area contributed by atoms with Crippen LogP contribution in [0.25, 0.3) is 0 Å². The van der Waals surface area contributed by atoms with E-state index in [1.54, 1.807) is 37.3 Å². The van der Waals surface area contributed by atoms with Crippen LogP contribution in [0.5, 0.6) is 5.75 Å². The zero-order valence-electron chi connectivity index (χ0n) is 14.5. The number of anilines is 1. The van der Waals surface area contributed by atoms with Crippen molar-refractivity contribution in [2.75, 3.05) is 11.9 Å². The van der Waals surface area contributed by atoms with E-state index in [2.05, 4.69) is 17.2 Å². The summed E-state index contributed by atoms with van der Waals surface area (Å²) >= 11 is 0. The van der Waals surface area contributed by atoms with E-state index < -0.39 is 6.10 Å². The van der Waals surface area contributed by atoms with E-state index in [1.807, 2.05) is 0 Å². The fraction of sp³-hybridized carbons (Fsp3) is 0.200. The van der Waals surface area contributed by atoms with Gasteiger partial charge >= 0.3 is 0 Å². The molecule has 26 heavy (non-hydrogen) atoms. The summed E-state index contributed by atoms with van der Waals surface area (Å²) in [4.78, 5) is 24.7. The number of hydrogen-bond acceptors (Lipinski definition) is 3. The fourth-order valence-electron chi connectivity index (χ4n) is 2.26. The molecular formula is C20H21FN2O3. The number of hydrogen-bond donors (Lipinski definition) is 2. The predicted molar refractivity (Wildman–Crippen MR) is 98.7 cm³/mol. The second-order valence-electron chi connectivity index (χ2n) is 5.50. The lowest BCUT2D eigenvalue weighted by atomic mass is 10.1. The number of halogens is 1. The molecule has 0 saturated carbocycles. The quantitative estimate of drug-likeness (QED) is 0.711. The van der Waals surface area contributed by atoms with Crippen LogP contribution in [-0.2, 0) is 4.79 Å². The lowest BCUT2D eigenvalue weighted by molar-refractivity contribution is -0.122. The Morgan fingerprint density at radius 3 is 2.54 bits per heavy atom. The summed E-state index contributed by atoms with van der Waals surface area (Å²) in [5.74, 6) is -0.686. The minimum absolute atomic E-state index is 0.312. The van der Waals surface area contributed by atoms with Crippen LogP contribution in [0.4, 0.5) is 10.1 Å². The van der Waals surface area contributed by atoms with Gasteiger partial charge in [-0.15, -0.1) is 6.58 Å². The second-order valence-corrected chi connectivity index (χ2v) is 5.50. The number of ether oxygens (including phenoxy) is 1. The predicted octanol–water partition coefficient (Wildman–Crippen LogP) is 3.54. The van der Waals surface area contributed by atoms with Crippen molar-refractivity contribution in [2.24, 2.45) is 0 Å². The van der Waals surface area contributed by atoms with E-state index in [1.165, 1.54) is 24.3 Å². The van der Waals surface area contributed by atoms with Gasteiger partial charge in [0.2, 0.25) is 0 Å². The van der Waals surface area contributed by atoms with Gasteiger partial charge in [0.05, 0.1) is 11.3 Å². The molecule has 1 atom stereocenters. The largest absolute Gasteiger partial charge is 0.481 e. The van der Waals surface area contributed by atoms with Crippen LogP contribution in [0.1, 0.15) is 23.7 Å². The molecule has 6 heteroatoms. The highest BCUT2D eigenvalue weighted by Crippen LogP contribution is 2.18. The molecule has 0 aliphatic rings. The summed E-state index contributed by atoms with van der Waals surface area (Å²) in [5, 5.41) is 5.40. The molecule has 2 aromatic carbocycles. The van der Waals surface area contributed by atoms with Gasteiger partial charge in [-0.3, -0.25) is 9.59 Å². The maximum atomic E-state index is 13.0. The van der Waals surface area contributed by atoms with Crippen LogP contribution in [0.15, 0.2) is 61.2 Å². The van der Waals surface area contributed by atoms with E-state index in [0.29, 0.717) is 30.0 Å². The zero-order valence-corrected chi connectivity index (χ0v) is 14.5. The fourth-order valence-corrected chi connectivity index (χ4v) is 2.26. The van der Waals surface area contributed by atoms with Crippen LogP contribution in [0, 0.1) is 5.82 Å². The van der Waals surface area contributed by atoms with Gasteiger partial charge in [0.1, 0.15) is 11.6 Å². The minimum Gasteiger partial charge on any atom is -0.481 e. The first-order valence-electron chi connectivity index (χ1n) is 8.26. The van der Waals surface area contributed by atoms with Crippen molar-refractivity contribution in [1.82, 2.24) is 5.32 Å². The van der Waals surface area contributed by atoms with Crippen molar-refractivity contribution in [3.8, 4) is 5.75 Å². The molecule has 0 bridgehead atoms. The lowest BCUT2D eigenvalue weighted by Crippen LogP contribution is -2.33. The van der Waals surface area contributed by atoms with Crippen LogP contribution >= 0.6 is 0 Å². The van der Waals surface area contributed by atoms with Gasteiger partial charge in [0.15, 0.2) is 6.10 Å². The third-order valence-corrected chi connectivity index (χ3v) is 3.59. The average molecular weight is 356 g/mol. The maximum absolute atomic E-state index is 13.0. The number of nitrogens with one attached hydrogen (secondary N) is 2. The summed E-state index contributed by atoms with van der Waals surface area (Å²) in [6, 6.07) is 12.1. The molecule has 2 N–H and O–H groups in total. The molecule has 0 aromatic heterocycles. The Balaban J connectivity index is 2.11. The Morgan fingerprint density at radius 1 is 1.19 bits per heavy atom. The van der Waals surface area contributed by atoms with Crippen LogP contribution in [0.2, 0.25) is 0 Å². The molecule has 2 aromatic rings. The maximum Gasteiger partial charge on any atom is 0.265 e. The molecule has 136 valence electrons. The van der Waals surface area contributed by atoms with Gasteiger partial charge in [-0.2, -0.15) is 0 Å². The molecule has 2 rings (SSSR count). The summed E-state index contributed by atoms with van der Waals surface area (Å²) < 4.78 is 18.6. The number of carbonyl (C=O) groups is 2. The molecule has 0 aliphatic carbocycles. The Bertz CT molecular complexity index is 775. The van der Waals surface area contributed by atoms with Gasteiger partial charge in [-0.05, 0) is 42.8 Å². The van der Waals surface area contributed by atoms with Crippen molar-refractivity contribution in [3.05, 3.63) is 72.6 Å². The number of carbonyl (C=O) groups excluding carboxylic acids is 2. The molecular weight excluding hydrogens is 335 g/mol. The normalized spacial score (nSPS) is 11.3. The third-order valence-electron chi connectivity index (χ3n) is 3.59. The third kappa shape index (κ3) is 5.17. The van der Waals surface area contributed by atoms with Gasteiger partial charge in [0.25, 0.3) is 11.8 Å². The van der Waals surface area contributed by atoms with Crippen molar-refractivity contribution in [1.29, 1.82) is 0 Å². The van der Waals surface area contributed by atoms with Gasteiger partial charge in [-0.1, -0.05) is 25.1 Å². The van der Waals surface area contributed by atoms with Crippen molar-refractivity contribution >= 4 is 17.5 Å². The molecule has 0 spiro atoms. The Hall–Kier alpha value is -3.15. The van der Waals surface area contributed by atoms with E-state index in [9.17, 15) is 14.0 Å². The van der Waals surface area contributed by atoms with E-state index in [-0.39, 0.29) is 17.6 Å². The molecule has 0 heterocycles. The molecule has 0 saturated heterocycles. The van der Waals surface area contributed by atoms with Crippen LogP contribution in [0.3, 0.4) is 0 Å². The summed E-state index contributed by atoms with van der Waals surface area (Å²) in [5.41, 5.74) is 0.736. The lowest BCUT2D eigenvalue weighted by Gasteiger charge is -2.18. The highest BCUT2D eigenvalue weighted by atomic mass is 19.1. The first-order valence-corrected chi connectivity index (χ1v) is 8.26. The molecule has 0 aliphatic heterocycles. The van der Waals surface area contributed by atoms with Crippen molar-refractivity contribution in [3.63, 3.8) is 0 Å². The molecule has 0 fully saturated rings. The number of benzene rings is 2. The first kappa shape index (κ1) is 19.2. The number of para-hydroxylation sites is 1. The molecule has 2 amide bonds. The Morgan fingerprint density at radius 2 is 1.88 bits per heavy atom. The number of rotatable bonds is 8. The molecule has 0 unspecified atom stereocenters. The van der Waals surface area contributed by atoms with E-state index in [4.69, 9.17) is 4.74 Å². The van der Waals surface area contributed by atoms with Gasteiger partial charge < -0.3 is 15.4 Å². The highest BCUT2D eigenvalue weighted by Gasteiger charge is 2.21. The van der Waals surface area contributed by atoms with Crippen LogP contribution < -0.4 is 15.4 Å². The monoisotopic (exact) mass is 356 g/mol. The summed E-state index contributed by atoms with van der Waals surface area (Å²) in [6.07, 6.45) is 1.21. The van der Waals surface area contributed by atoms with Crippen LogP contribution in [-0.4, -0.2) is 24.5 Å². The van der Waals surface area contributed by atoms with Gasteiger partial charge in [0, 0.05) is 6.54 Å². The minimum atomic E-state index is -0.773. The molecule has 5 nitrogen and oxygen atoms in total. The van der Waals surface area contributed by atoms with Crippen molar-refractivity contribution < 1.29 is 18.7 Å². The second kappa shape index (κ2) is 9.36. The smallest absolute Gasteiger partial charge is 0.265 e.